The first-order valence-electron chi connectivity index (χ1n) is 5.22. The van der Waals surface area contributed by atoms with Gasteiger partial charge in [0.05, 0.1) is 13.2 Å². The maximum Gasteiger partial charge on any atom is 0.165 e. The van der Waals surface area contributed by atoms with E-state index in [1.807, 2.05) is 4.68 Å². The molecule has 0 aliphatic heterocycles. The molecule has 86 valence electrons. The van der Waals surface area contributed by atoms with E-state index in [1.54, 1.807) is 7.11 Å². The van der Waals surface area contributed by atoms with Gasteiger partial charge in [0.1, 0.15) is 0 Å². The Morgan fingerprint density at radius 2 is 2.33 bits per heavy atom. The smallest absolute Gasteiger partial charge is 0.165 e. The van der Waals surface area contributed by atoms with Gasteiger partial charge in [-0.05, 0) is 22.9 Å². The number of aromatic nitrogens is 4. The molecule has 1 aromatic rings. The molecule has 0 amide bonds. The van der Waals surface area contributed by atoms with Gasteiger partial charge in [0.15, 0.2) is 5.82 Å². The molecule has 6 nitrogen and oxygen atoms in total. The SMILES string of the molecule is CCNCc1nnnn1CC(C)COC. The Hall–Kier alpha value is -1.01. The molecule has 6 heteroatoms. The first-order valence-corrected chi connectivity index (χ1v) is 5.22. The molecule has 1 atom stereocenters. The monoisotopic (exact) mass is 213 g/mol. The molecule has 0 aliphatic rings. The Morgan fingerprint density at radius 1 is 1.53 bits per heavy atom. The van der Waals surface area contributed by atoms with Gasteiger partial charge in [-0.3, -0.25) is 0 Å². The lowest BCUT2D eigenvalue weighted by Gasteiger charge is -2.10. The fraction of sp³-hybridized carbons (Fsp3) is 0.889. The van der Waals surface area contributed by atoms with Crippen LogP contribution in [0, 0.1) is 5.92 Å². The minimum Gasteiger partial charge on any atom is -0.384 e. The summed E-state index contributed by atoms with van der Waals surface area (Å²) in [6.07, 6.45) is 0. The Kier molecular flexibility index (Phi) is 5.20. The maximum absolute atomic E-state index is 5.08. The van der Waals surface area contributed by atoms with Crippen LogP contribution in [0.3, 0.4) is 0 Å². The predicted octanol–water partition coefficient (Wildman–Crippen LogP) is 0.0651. The lowest BCUT2D eigenvalue weighted by molar-refractivity contribution is 0.148. The van der Waals surface area contributed by atoms with Crippen molar-refractivity contribution in [3.05, 3.63) is 5.82 Å². The molecule has 1 heterocycles. The van der Waals surface area contributed by atoms with Gasteiger partial charge >= 0.3 is 0 Å². The topological polar surface area (TPSA) is 64.9 Å². The zero-order valence-electron chi connectivity index (χ0n) is 9.60. The van der Waals surface area contributed by atoms with Crippen LogP contribution in [0.2, 0.25) is 0 Å². The van der Waals surface area contributed by atoms with E-state index in [2.05, 4.69) is 34.7 Å². The zero-order chi connectivity index (χ0) is 11.1. The van der Waals surface area contributed by atoms with Crippen molar-refractivity contribution in [1.82, 2.24) is 25.5 Å². The third-order valence-corrected chi connectivity index (χ3v) is 2.07. The van der Waals surface area contributed by atoms with Crippen molar-refractivity contribution in [3.8, 4) is 0 Å². The number of hydrogen-bond donors (Lipinski definition) is 1. The Balaban J connectivity index is 2.48. The van der Waals surface area contributed by atoms with E-state index < -0.39 is 0 Å². The molecule has 0 spiro atoms. The summed E-state index contributed by atoms with van der Waals surface area (Å²) in [5, 5.41) is 14.8. The minimum atomic E-state index is 0.416. The fourth-order valence-corrected chi connectivity index (χ4v) is 1.36. The van der Waals surface area contributed by atoms with Gasteiger partial charge in [0.2, 0.25) is 0 Å². The third-order valence-electron chi connectivity index (χ3n) is 2.07. The molecule has 1 aromatic heterocycles. The highest BCUT2D eigenvalue weighted by molar-refractivity contribution is 4.80. The van der Waals surface area contributed by atoms with E-state index in [1.165, 1.54) is 0 Å². The van der Waals surface area contributed by atoms with Gasteiger partial charge in [-0.25, -0.2) is 4.68 Å². The van der Waals surface area contributed by atoms with Crippen LogP contribution in [0.25, 0.3) is 0 Å². The molecule has 1 unspecified atom stereocenters. The van der Waals surface area contributed by atoms with Gasteiger partial charge in [-0.15, -0.1) is 5.10 Å². The van der Waals surface area contributed by atoms with Crippen LogP contribution in [0.5, 0.6) is 0 Å². The zero-order valence-corrected chi connectivity index (χ0v) is 9.60. The summed E-state index contributed by atoms with van der Waals surface area (Å²) in [6.45, 7) is 7.32. The van der Waals surface area contributed by atoms with Gasteiger partial charge < -0.3 is 10.1 Å². The van der Waals surface area contributed by atoms with Crippen LogP contribution >= 0.6 is 0 Å². The average Bonchev–Trinajstić information content (AvgIpc) is 2.63. The standard InChI is InChI=1S/C9H19N5O/c1-4-10-5-9-11-12-13-14(9)6-8(2)7-15-3/h8,10H,4-7H2,1-3H3. The van der Waals surface area contributed by atoms with E-state index in [9.17, 15) is 0 Å². The summed E-state index contributed by atoms with van der Waals surface area (Å²) in [7, 11) is 1.70. The lowest BCUT2D eigenvalue weighted by atomic mass is 10.2. The number of ether oxygens (including phenoxy) is 1. The van der Waals surface area contributed by atoms with Crippen molar-refractivity contribution in [2.75, 3.05) is 20.3 Å². The van der Waals surface area contributed by atoms with Crippen LogP contribution in [0.4, 0.5) is 0 Å². The maximum atomic E-state index is 5.08. The molecule has 1 rings (SSSR count). The molecule has 0 fully saturated rings. The van der Waals surface area contributed by atoms with E-state index >= 15 is 0 Å². The van der Waals surface area contributed by atoms with E-state index in [0.29, 0.717) is 12.5 Å². The molecule has 0 radical (unpaired) electrons. The first-order chi connectivity index (χ1) is 7.27. The lowest BCUT2D eigenvalue weighted by Crippen LogP contribution is -2.20. The van der Waals surface area contributed by atoms with Crippen molar-refractivity contribution in [2.24, 2.45) is 5.92 Å². The van der Waals surface area contributed by atoms with Crippen molar-refractivity contribution >= 4 is 0 Å². The number of methoxy groups -OCH3 is 1. The summed E-state index contributed by atoms with van der Waals surface area (Å²) in [4.78, 5) is 0. The molecule has 0 saturated carbocycles. The Bertz CT molecular complexity index is 275. The van der Waals surface area contributed by atoms with E-state index in [0.717, 1.165) is 25.5 Å². The Morgan fingerprint density at radius 3 is 3.00 bits per heavy atom. The molecule has 1 N–H and O–H groups in total. The predicted molar refractivity (Wildman–Crippen MR) is 56.2 cm³/mol. The van der Waals surface area contributed by atoms with Crippen LogP contribution in [-0.2, 0) is 17.8 Å². The second-order valence-corrected chi connectivity index (χ2v) is 3.62. The summed E-state index contributed by atoms with van der Waals surface area (Å²) in [6, 6.07) is 0. The third kappa shape index (κ3) is 3.93. The fourth-order valence-electron chi connectivity index (χ4n) is 1.36. The Labute approximate surface area is 90.0 Å². The average molecular weight is 213 g/mol. The van der Waals surface area contributed by atoms with E-state index in [4.69, 9.17) is 4.74 Å². The normalized spacial score (nSPS) is 13.0. The highest BCUT2D eigenvalue weighted by Gasteiger charge is 2.09. The van der Waals surface area contributed by atoms with Gasteiger partial charge in [-0.2, -0.15) is 0 Å². The van der Waals surface area contributed by atoms with Gasteiger partial charge in [0, 0.05) is 13.7 Å². The summed E-state index contributed by atoms with van der Waals surface area (Å²) >= 11 is 0. The number of nitrogens with one attached hydrogen (secondary N) is 1. The summed E-state index contributed by atoms with van der Waals surface area (Å²) in [5.74, 6) is 1.29. The molecular weight excluding hydrogens is 194 g/mol. The van der Waals surface area contributed by atoms with Crippen molar-refractivity contribution in [1.29, 1.82) is 0 Å². The van der Waals surface area contributed by atoms with Crippen molar-refractivity contribution in [2.45, 2.75) is 26.9 Å². The quantitative estimate of drug-likeness (QED) is 0.694. The van der Waals surface area contributed by atoms with Crippen LogP contribution in [0.1, 0.15) is 19.7 Å². The number of nitrogens with zero attached hydrogens (tertiary/aromatic N) is 4. The van der Waals surface area contributed by atoms with Gasteiger partial charge in [0.25, 0.3) is 0 Å². The van der Waals surface area contributed by atoms with Crippen molar-refractivity contribution in [3.63, 3.8) is 0 Å². The van der Waals surface area contributed by atoms with Crippen molar-refractivity contribution < 1.29 is 4.74 Å². The molecule has 15 heavy (non-hydrogen) atoms. The largest absolute Gasteiger partial charge is 0.384 e. The number of rotatable bonds is 7. The van der Waals surface area contributed by atoms with Crippen LogP contribution in [0.15, 0.2) is 0 Å². The molecule has 0 bridgehead atoms. The van der Waals surface area contributed by atoms with Gasteiger partial charge in [-0.1, -0.05) is 13.8 Å². The highest BCUT2D eigenvalue weighted by atomic mass is 16.5. The second-order valence-electron chi connectivity index (χ2n) is 3.62. The summed E-state index contributed by atoms with van der Waals surface area (Å²) in [5.41, 5.74) is 0. The van der Waals surface area contributed by atoms with Crippen LogP contribution in [-0.4, -0.2) is 40.5 Å². The molecular formula is C9H19N5O. The highest BCUT2D eigenvalue weighted by Crippen LogP contribution is 2.01. The molecule has 0 saturated heterocycles. The molecule has 0 aromatic carbocycles. The summed E-state index contributed by atoms with van der Waals surface area (Å²) < 4.78 is 6.90. The number of hydrogen-bond acceptors (Lipinski definition) is 5. The minimum absolute atomic E-state index is 0.416. The van der Waals surface area contributed by atoms with Crippen LogP contribution < -0.4 is 5.32 Å². The number of tetrazole rings is 1. The van der Waals surface area contributed by atoms with E-state index in [-0.39, 0.29) is 0 Å². The molecule has 0 aliphatic carbocycles. The second kappa shape index (κ2) is 6.47. The first kappa shape index (κ1) is 12.1.